The third-order valence-corrected chi connectivity index (χ3v) is 28.0. The van der Waals surface area contributed by atoms with Crippen LogP contribution in [0.4, 0.5) is 0 Å². The summed E-state index contributed by atoms with van der Waals surface area (Å²) in [5.41, 5.74) is 30.4. The molecule has 0 amide bonds. The highest BCUT2D eigenvalue weighted by Gasteiger charge is 2.27. The number of fused-ring (bicyclic) bond motifs is 18. The number of benzene rings is 18. The summed E-state index contributed by atoms with van der Waals surface area (Å²) in [5, 5.41) is 11.6. The molecular formula is C132H81N15O3. The van der Waals surface area contributed by atoms with Crippen molar-refractivity contribution in [2.75, 3.05) is 0 Å². The quantitative estimate of drug-likeness (QED) is 0.0935. The minimum atomic E-state index is 0.595. The molecule has 0 bridgehead atoms. The normalized spacial score (nSPS) is 11.6. The number of furan rings is 3. The molecule has 18 heteroatoms. The summed E-state index contributed by atoms with van der Waals surface area (Å²) in [4.78, 5) is 59.0. The second-order valence-electron chi connectivity index (χ2n) is 36.9. The first kappa shape index (κ1) is 87.1. The molecule has 0 aliphatic heterocycles. The van der Waals surface area contributed by atoms with E-state index in [-0.39, 0.29) is 0 Å². The van der Waals surface area contributed by atoms with Crippen LogP contribution in [0.25, 0.3) is 284 Å². The molecule has 0 radical (unpaired) electrons. The summed E-state index contributed by atoms with van der Waals surface area (Å²) < 4.78 is 26.1. The van der Waals surface area contributed by atoms with Crippen LogP contribution in [0.15, 0.2) is 505 Å². The Morgan fingerprint density at radius 3 is 0.833 bits per heavy atom. The van der Waals surface area contributed by atoms with Gasteiger partial charge in [-0.25, -0.2) is 49.8 Å². The Morgan fingerprint density at radius 1 is 0.167 bits per heavy atom. The maximum atomic E-state index is 6.43. The van der Waals surface area contributed by atoms with Crippen molar-refractivity contribution >= 4 is 131 Å². The summed E-state index contributed by atoms with van der Waals surface area (Å²) in [6.07, 6.45) is 7.53. The smallest absolute Gasteiger partial charge is 0.164 e. The molecule has 18 nitrogen and oxygen atoms in total. The van der Waals surface area contributed by atoms with E-state index in [1.165, 1.54) is 5.39 Å². The van der Waals surface area contributed by atoms with Gasteiger partial charge in [-0.1, -0.05) is 309 Å². The first-order chi connectivity index (χ1) is 74.3. The van der Waals surface area contributed by atoms with Crippen LogP contribution in [-0.2, 0) is 0 Å². The van der Waals surface area contributed by atoms with Crippen molar-refractivity contribution < 1.29 is 13.3 Å². The number of rotatable bonds is 15. The number of pyridine rings is 3. The zero-order chi connectivity index (χ0) is 99.1. The highest BCUT2D eigenvalue weighted by atomic mass is 16.3. The number of aromatic nitrogens is 15. The first-order valence-electron chi connectivity index (χ1n) is 49.7. The van der Waals surface area contributed by atoms with Crippen molar-refractivity contribution in [3.05, 3.63) is 492 Å². The summed E-state index contributed by atoms with van der Waals surface area (Å²) in [5.74, 6) is 5.52. The van der Waals surface area contributed by atoms with E-state index in [1.807, 2.05) is 274 Å². The van der Waals surface area contributed by atoms with Crippen LogP contribution in [0.2, 0.25) is 0 Å². The summed E-state index contributed by atoms with van der Waals surface area (Å²) in [7, 11) is 0. The fourth-order valence-corrected chi connectivity index (χ4v) is 21.0. The van der Waals surface area contributed by atoms with E-state index in [9.17, 15) is 0 Å². The Bertz CT molecular complexity index is 9350. The lowest BCUT2D eigenvalue weighted by Gasteiger charge is -2.09. The molecule has 30 aromatic rings. The molecule has 0 saturated heterocycles. The second kappa shape index (κ2) is 36.9. The molecule has 150 heavy (non-hydrogen) atoms. The third-order valence-electron chi connectivity index (χ3n) is 28.0. The van der Waals surface area contributed by atoms with Crippen LogP contribution in [0.1, 0.15) is 0 Å². The SMILES string of the molecule is c1ccc(-c2nc(-c3ccccc3)nc(-c3cccc4oc5ccc(-c6ccc7c(c6)c6cccnc6n7-c6ccccc6)cc5c34)n2)cc1.c1ccc(-c2nc(-c3ccccc3)nc(-c3cccc4oc5ccc(-c6ccc7c(c6)c6ccncc6n7-c6ccccc6)cc5c34)n2)cc1.c1ccc(-c2nc(-c3ccccc3)nc(-c3cccc4oc5ccc(-c6ccc7c(c6)c6ncccc6n7-c6ccccc6)cc5c34)n2)cc1. The molecule has 0 aliphatic rings. The van der Waals surface area contributed by atoms with Crippen molar-refractivity contribution in [3.63, 3.8) is 0 Å². The Balaban J connectivity index is 0.000000108. The molecule has 0 atom stereocenters. The summed E-state index contributed by atoms with van der Waals surface area (Å²) in [6.45, 7) is 0. The van der Waals surface area contributed by atoms with Crippen molar-refractivity contribution in [2.24, 2.45) is 0 Å². The van der Waals surface area contributed by atoms with Crippen molar-refractivity contribution in [1.82, 2.24) is 73.5 Å². The molecular weight excluding hydrogens is 1840 g/mol. The minimum absolute atomic E-state index is 0.595. The molecule has 0 unspecified atom stereocenters. The number of para-hydroxylation sites is 3. The summed E-state index contributed by atoms with van der Waals surface area (Å²) in [6, 6.07) is 159. The maximum Gasteiger partial charge on any atom is 0.164 e. The van der Waals surface area contributed by atoms with Crippen LogP contribution in [0.3, 0.4) is 0 Å². The van der Waals surface area contributed by atoms with Gasteiger partial charge >= 0.3 is 0 Å². The van der Waals surface area contributed by atoms with Crippen LogP contribution < -0.4 is 0 Å². The largest absolute Gasteiger partial charge is 0.456 e. The fourth-order valence-electron chi connectivity index (χ4n) is 21.0. The van der Waals surface area contributed by atoms with Gasteiger partial charge in [0.05, 0.1) is 39.3 Å². The highest BCUT2D eigenvalue weighted by molar-refractivity contribution is 6.18. The van der Waals surface area contributed by atoms with Gasteiger partial charge in [0.1, 0.15) is 39.1 Å². The lowest BCUT2D eigenvalue weighted by atomic mass is 9.99. The predicted molar refractivity (Wildman–Crippen MR) is 603 cm³/mol. The topological polar surface area (TPSA) is 209 Å². The van der Waals surface area contributed by atoms with E-state index in [0.717, 1.165) is 227 Å². The molecule has 18 aromatic carbocycles. The van der Waals surface area contributed by atoms with Gasteiger partial charge in [-0.3, -0.25) is 14.5 Å². The summed E-state index contributed by atoms with van der Waals surface area (Å²) >= 11 is 0. The fraction of sp³-hybridized carbons (Fsp3) is 0. The van der Waals surface area contributed by atoms with Gasteiger partial charge < -0.3 is 22.4 Å². The Labute approximate surface area is 857 Å². The Kier molecular flexibility index (Phi) is 21.4. The van der Waals surface area contributed by atoms with E-state index in [2.05, 4.69) is 237 Å². The van der Waals surface area contributed by atoms with E-state index in [0.29, 0.717) is 52.4 Å². The minimum Gasteiger partial charge on any atom is -0.456 e. The molecule has 30 rings (SSSR count). The van der Waals surface area contributed by atoms with E-state index >= 15 is 0 Å². The second-order valence-corrected chi connectivity index (χ2v) is 36.9. The molecule has 0 fully saturated rings. The molecule has 702 valence electrons. The van der Waals surface area contributed by atoms with E-state index in [4.69, 9.17) is 68.1 Å². The third kappa shape index (κ3) is 15.6. The van der Waals surface area contributed by atoms with Crippen LogP contribution in [0.5, 0.6) is 0 Å². The average Bonchev–Trinajstić information content (AvgIpc) is 1.59. The van der Waals surface area contributed by atoms with E-state index < -0.39 is 0 Å². The van der Waals surface area contributed by atoms with Crippen LogP contribution in [-0.4, -0.2) is 73.5 Å². The predicted octanol–water partition coefficient (Wildman–Crippen LogP) is 32.8. The van der Waals surface area contributed by atoms with Gasteiger partial charge in [0, 0.05) is 145 Å². The van der Waals surface area contributed by atoms with Crippen LogP contribution in [0, 0.1) is 0 Å². The van der Waals surface area contributed by atoms with Gasteiger partial charge in [0.15, 0.2) is 52.4 Å². The highest BCUT2D eigenvalue weighted by Crippen LogP contribution is 2.47. The van der Waals surface area contributed by atoms with Gasteiger partial charge in [0.25, 0.3) is 0 Å². The number of nitrogens with zero attached hydrogens (tertiary/aromatic N) is 15. The molecule has 12 heterocycles. The lowest BCUT2D eigenvalue weighted by molar-refractivity contribution is 0.668. The lowest BCUT2D eigenvalue weighted by Crippen LogP contribution is -2.00. The monoisotopic (exact) mass is 1920 g/mol. The zero-order valence-electron chi connectivity index (χ0n) is 80.2. The molecule has 0 spiro atoms. The van der Waals surface area contributed by atoms with Gasteiger partial charge in [-0.05, 0) is 191 Å². The standard InChI is InChI=1S/3C44H27N5O/c1-4-12-28(13-5-1)41-46-42(29-14-6-2-7-15-29)48-43(47-41)34-18-10-20-39-40(34)36-27-31(22-24-38(36)50-39)30-21-23-37-35(26-30)33-19-11-25-45-44(33)49(37)32-16-8-3-9-17-32;1-4-12-28(13-5-1)42-46-43(29-14-6-2-7-15-29)48-44(47-42)33-18-10-20-39-40(33)35-27-31(22-24-38(35)50-39)30-21-23-36-34(26-30)41-37(19-11-25-45-41)49(36)32-16-8-3-9-17-32;1-4-11-28(12-5-1)42-46-43(29-13-6-2-7-14-29)48-44(47-42)34-17-10-18-40-41(34)36-26-31(20-22-39(36)50-40)30-19-21-37-35(25-30)33-23-24-45-27-38(33)49(37)32-15-8-3-9-16-32/h3*1-27H. The first-order valence-corrected chi connectivity index (χ1v) is 49.7. The number of hydrogen-bond donors (Lipinski definition) is 0. The van der Waals surface area contributed by atoms with Crippen molar-refractivity contribution in [3.8, 4) is 153 Å². The van der Waals surface area contributed by atoms with Gasteiger partial charge in [-0.2, -0.15) is 0 Å². The molecule has 12 aromatic heterocycles. The maximum absolute atomic E-state index is 6.43. The number of hydrogen-bond acceptors (Lipinski definition) is 15. The molecule has 0 N–H and O–H groups in total. The average molecular weight is 1930 g/mol. The van der Waals surface area contributed by atoms with Crippen molar-refractivity contribution in [2.45, 2.75) is 0 Å². The molecule has 0 aliphatic carbocycles. The van der Waals surface area contributed by atoms with Gasteiger partial charge in [-0.15, -0.1) is 0 Å². The van der Waals surface area contributed by atoms with Crippen molar-refractivity contribution in [1.29, 1.82) is 0 Å². The van der Waals surface area contributed by atoms with Crippen LogP contribution >= 0.6 is 0 Å². The molecule has 0 saturated carbocycles. The Hall–Kier alpha value is -20.8. The zero-order valence-corrected chi connectivity index (χ0v) is 80.2. The Morgan fingerprint density at radius 2 is 0.460 bits per heavy atom. The van der Waals surface area contributed by atoms with E-state index in [1.54, 1.807) is 0 Å². The van der Waals surface area contributed by atoms with Gasteiger partial charge in [0.2, 0.25) is 0 Å².